The number of hydrogen-bond donors (Lipinski definition) is 2. The summed E-state index contributed by atoms with van der Waals surface area (Å²) in [5, 5.41) is 17.5. The third-order valence-electron chi connectivity index (χ3n) is 4.34. The molecule has 0 spiro atoms. The first-order valence-electron chi connectivity index (χ1n) is 7.59. The molecule has 1 heterocycles. The fraction of sp³-hybridized carbons (Fsp3) is 0.714. The minimum atomic E-state index is -0.417. The van der Waals surface area contributed by atoms with Crippen LogP contribution in [0.25, 0.3) is 0 Å². The maximum atomic E-state index is 11.3. The summed E-state index contributed by atoms with van der Waals surface area (Å²) in [6, 6.07) is 0. The van der Waals surface area contributed by atoms with Crippen molar-refractivity contribution in [1.29, 1.82) is 0 Å². The maximum Gasteiger partial charge on any atom is 0.353 e. The zero-order chi connectivity index (χ0) is 15.3. The molecule has 0 atom stereocenters. The van der Waals surface area contributed by atoms with E-state index in [1.54, 1.807) is 0 Å². The summed E-state index contributed by atoms with van der Waals surface area (Å²) in [5.74, 6) is 0.604. The molecule has 0 aromatic carbocycles. The van der Waals surface area contributed by atoms with Crippen LogP contribution in [0.1, 0.15) is 46.0 Å². The number of nitrogens with one attached hydrogen (secondary N) is 2. The molecule has 1 aromatic heterocycles. The molecule has 0 amide bonds. The van der Waals surface area contributed by atoms with Crippen LogP contribution in [-0.2, 0) is 0 Å². The molecule has 1 fully saturated rings. The molecule has 1 aromatic rings. The van der Waals surface area contributed by atoms with Crippen LogP contribution in [0.4, 0.5) is 17.3 Å². The van der Waals surface area contributed by atoms with Crippen LogP contribution in [0, 0.1) is 15.5 Å². The van der Waals surface area contributed by atoms with Crippen LogP contribution >= 0.6 is 0 Å². The van der Waals surface area contributed by atoms with Crippen molar-refractivity contribution in [2.75, 3.05) is 23.7 Å². The van der Waals surface area contributed by atoms with Crippen LogP contribution in [-0.4, -0.2) is 28.0 Å². The summed E-state index contributed by atoms with van der Waals surface area (Å²) in [4.78, 5) is 19.0. The van der Waals surface area contributed by atoms with E-state index in [2.05, 4.69) is 27.5 Å². The van der Waals surface area contributed by atoms with Crippen LogP contribution < -0.4 is 10.6 Å². The molecule has 0 saturated heterocycles. The van der Waals surface area contributed by atoms with Gasteiger partial charge in [-0.2, -0.15) is 0 Å². The highest BCUT2D eigenvalue weighted by molar-refractivity contribution is 5.69. The fourth-order valence-electron chi connectivity index (χ4n) is 2.66. The predicted octanol–water partition coefficient (Wildman–Crippen LogP) is 3.20. The molecule has 0 radical (unpaired) electrons. The molecule has 21 heavy (non-hydrogen) atoms. The van der Waals surface area contributed by atoms with Gasteiger partial charge in [-0.15, -0.1) is 0 Å². The summed E-state index contributed by atoms with van der Waals surface area (Å²) in [6.07, 6.45) is 6.92. The van der Waals surface area contributed by atoms with Crippen molar-refractivity contribution in [3.63, 3.8) is 0 Å². The van der Waals surface area contributed by atoms with Gasteiger partial charge < -0.3 is 10.6 Å². The van der Waals surface area contributed by atoms with Gasteiger partial charge >= 0.3 is 5.69 Å². The highest BCUT2D eigenvalue weighted by atomic mass is 16.6. The van der Waals surface area contributed by atoms with Gasteiger partial charge in [-0.25, -0.2) is 9.97 Å². The Morgan fingerprint density at radius 2 is 1.95 bits per heavy atom. The van der Waals surface area contributed by atoms with Gasteiger partial charge in [0.15, 0.2) is 0 Å². The number of aromatic nitrogens is 2. The van der Waals surface area contributed by atoms with Gasteiger partial charge in [0, 0.05) is 13.1 Å². The molecule has 7 nitrogen and oxygen atoms in total. The Morgan fingerprint density at radius 1 is 1.29 bits per heavy atom. The molecule has 0 aliphatic heterocycles. The van der Waals surface area contributed by atoms with Crippen molar-refractivity contribution >= 4 is 17.3 Å². The second-order valence-electron chi connectivity index (χ2n) is 5.66. The van der Waals surface area contributed by atoms with Crippen molar-refractivity contribution in [2.24, 2.45) is 5.41 Å². The van der Waals surface area contributed by atoms with E-state index < -0.39 is 4.92 Å². The van der Waals surface area contributed by atoms with Gasteiger partial charge in [0.1, 0.15) is 6.33 Å². The molecular formula is C14H23N5O2. The van der Waals surface area contributed by atoms with Crippen molar-refractivity contribution < 1.29 is 4.92 Å². The minimum absolute atomic E-state index is 0.0588. The fourth-order valence-corrected chi connectivity index (χ4v) is 2.66. The van der Waals surface area contributed by atoms with E-state index in [9.17, 15) is 10.1 Å². The van der Waals surface area contributed by atoms with Gasteiger partial charge in [-0.1, -0.05) is 20.3 Å². The number of rotatable bonds is 8. The lowest BCUT2D eigenvalue weighted by molar-refractivity contribution is -0.383. The predicted molar refractivity (Wildman–Crippen MR) is 82.5 cm³/mol. The van der Waals surface area contributed by atoms with Gasteiger partial charge in [-0.3, -0.25) is 10.1 Å². The largest absolute Gasteiger partial charge is 0.364 e. The Kier molecular flexibility index (Phi) is 4.93. The Hall–Kier alpha value is -1.92. The van der Waals surface area contributed by atoms with Gasteiger partial charge in [0.2, 0.25) is 11.6 Å². The van der Waals surface area contributed by atoms with Crippen molar-refractivity contribution in [3.05, 3.63) is 16.4 Å². The van der Waals surface area contributed by atoms with E-state index >= 15 is 0 Å². The Balaban J connectivity index is 2.16. The van der Waals surface area contributed by atoms with Crippen LogP contribution in [0.15, 0.2) is 6.33 Å². The van der Waals surface area contributed by atoms with Gasteiger partial charge in [-0.05, 0) is 31.1 Å². The number of anilines is 2. The standard InChI is InChI=1S/C14H23N5O2/c1-3-8-15-12-11(19(20)21)13(18-10-17-12)16-9-14(4-2)6-5-7-14/h10H,3-9H2,1-2H3,(H2,15,16,17,18). The molecule has 7 heteroatoms. The van der Waals surface area contributed by atoms with Gasteiger partial charge in [0.25, 0.3) is 0 Å². The normalized spacial score (nSPS) is 16.1. The highest BCUT2D eigenvalue weighted by Crippen LogP contribution is 2.44. The minimum Gasteiger partial charge on any atom is -0.364 e. The average molecular weight is 293 g/mol. The topological polar surface area (TPSA) is 93.0 Å². The summed E-state index contributed by atoms with van der Waals surface area (Å²) in [6.45, 7) is 5.55. The molecule has 116 valence electrons. The summed E-state index contributed by atoms with van der Waals surface area (Å²) >= 11 is 0. The summed E-state index contributed by atoms with van der Waals surface area (Å²) in [7, 11) is 0. The number of nitrogens with zero attached hydrogens (tertiary/aromatic N) is 3. The first-order valence-corrected chi connectivity index (χ1v) is 7.59. The van der Waals surface area contributed by atoms with Crippen LogP contribution in [0.3, 0.4) is 0 Å². The first kappa shape index (κ1) is 15.5. The van der Waals surface area contributed by atoms with E-state index in [0.29, 0.717) is 18.2 Å². The number of nitro groups is 1. The monoisotopic (exact) mass is 293 g/mol. The molecule has 0 unspecified atom stereocenters. The zero-order valence-electron chi connectivity index (χ0n) is 12.7. The van der Waals surface area contributed by atoms with E-state index in [4.69, 9.17) is 0 Å². The lowest BCUT2D eigenvalue weighted by Gasteiger charge is -2.41. The van der Waals surface area contributed by atoms with E-state index in [-0.39, 0.29) is 11.1 Å². The smallest absolute Gasteiger partial charge is 0.353 e. The van der Waals surface area contributed by atoms with Crippen LogP contribution in [0.2, 0.25) is 0 Å². The molecule has 2 N–H and O–H groups in total. The highest BCUT2D eigenvalue weighted by Gasteiger charge is 2.35. The quantitative estimate of drug-likeness (QED) is 0.564. The summed E-state index contributed by atoms with van der Waals surface area (Å²) in [5.41, 5.74) is 0.215. The van der Waals surface area contributed by atoms with E-state index in [1.165, 1.54) is 25.6 Å². The molecule has 1 saturated carbocycles. The van der Waals surface area contributed by atoms with Gasteiger partial charge in [0.05, 0.1) is 4.92 Å². The molecule has 0 bridgehead atoms. The zero-order valence-corrected chi connectivity index (χ0v) is 12.7. The lowest BCUT2D eigenvalue weighted by atomic mass is 9.67. The molecular weight excluding hydrogens is 270 g/mol. The third-order valence-corrected chi connectivity index (χ3v) is 4.34. The second kappa shape index (κ2) is 6.69. The number of hydrogen-bond acceptors (Lipinski definition) is 6. The molecule has 1 aliphatic carbocycles. The van der Waals surface area contributed by atoms with Crippen LogP contribution in [0.5, 0.6) is 0 Å². The average Bonchev–Trinajstić information content (AvgIpc) is 2.44. The van der Waals surface area contributed by atoms with Crippen molar-refractivity contribution in [1.82, 2.24) is 9.97 Å². The lowest BCUT2D eigenvalue weighted by Crippen LogP contribution is -2.36. The Morgan fingerprint density at radius 3 is 2.43 bits per heavy atom. The third kappa shape index (κ3) is 3.40. The molecule has 2 rings (SSSR count). The Labute approximate surface area is 124 Å². The first-order chi connectivity index (χ1) is 10.1. The SMILES string of the molecule is CCCNc1ncnc(NCC2(CC)CCC2)c1[N+](=O)[O-]. The maximum absolute atomic E-state index is 11.3. The van der Waals surface area contributed by atoms with Crippen molar-refractivity contribution in [2.45, 2.75) is 46.0 Å². The summed E-state index contributed by atoms with van der Waals surface area (Å²) < 4.78 is 0. The second-order valence-corrected chi connectivity index (χ2v) is 5.66. The van der Waals surface area contributed by atoms with Crippen molar-refractivity contribution in [3.8, 4) is 0 Å². The van der Waals surface area contributed by atoms with E-state index in [0.717, 1.165) is 19.4 Å². The van der Waals surface area contributed by atoms with E-state index in [1.807, 2.05) is 6.92 Å². The Bertz CT molecular complexity index is 497. The molecule has 1 aliphatic rings.